The first-order chi connectivity index (χ1) is 13.3. The van der Waals surface area contributed by atoms with Gasteiger partial charge in [0.1, 0.15) is 0 Å². The monoisotopic (exact) mass is 403 g/mol. The van der Waals surface area contributed by atoms with E-state index in [4.69, 9.17) is 11.6 Å². The number of amides is 1. The minimum Gasteiger partial charge on any atom is -0.320 e. The third-order valence-corrected chi connectivity index (χ3v) is 4.37. The van der Waals surface area contributed by atoms with Crippen molar-refractivity contribution in [3.63, 3.8) is 0 Å². The number of para-hydroxylation sites is 1. The Morgan fingerprint density at radius 2 is 1.86 bits per heavy atom. The number of carbonyl (C=O) groups excluding carboxylic acids is 2. The highest BCUT2D eigenvalue weighted by Gasteiger charge is 2.23. The predicted octanol–water partition coefficient (Wildman–Crippen LogP) is 5.13. The first-order valence-electron chi connectivity index (χ1n) is 8.31. The molecule has 2 aromatic carbocycles. The lowest BCUT2D eigenvalue weighted by atomic mass is 9.96. The number of hydrogen-bond donors (Lipinski definition) is 1. The molecule has 144 valence electrons. The summed E-state index contributed by atoms with van der Waals surface area (Å²) < 4.78 is 27.5. The average Bonchev–Trinajstić information content (AvgIpc) is 3.04. The van der Waals surface area contributed by atoms with E-state index in [1.165, 1.54) is 14.0 Å². The zero-order valence-corrected chi connectivity index (χ0v) is 15.8. The van der Waals surface area contributed by atoms with Crippen LogP contribution < -0.4 is 5.32 Å². The van der Waals surface area contributed by atoms with Crippen LogP contribution in [0.2, 0.25) is 5.02 Å². The molecular weight excluding hydrogens is 388 g/mol. The molecule has 0 atom stereocenters. The number of aryl methyl sites for hydroxylation is 1. The van der Waals surface area contributed by atoms with E-state index in [9.17, 15) is 18.4 Å². The zero-order valence-electron chi connectivity index (χ0n) is 15.0. The number of alkyl halides is 2. The standard InChI is InChI=1S/C20H16ClF2N3O2/c1-11(27)15-9-12(21)7-8-13(15)14-5-3-4-6-17(14)24-20(28)18-16(19(22)23)10-26(2)25-18/h3-10,19H,1-2H3,(H,24,28). The number of carbonyl (C=O) groups is 2. The summed E-state index contributed by atoms with van der Waals surface area (Å²) in [6.07, 6.45) is -1.72. The van der Waals surface area contributed by atoms with Crippen molar-refractivity contribution in [2.75, 3.05) is 5.32 Å². The molecule has 0 spiro atoms. The van der Waals surface area contributed by atoms with Crippen LogP contribution in [-0.2, 0) is 7.05 Å². The zero-order chi connectivity index (χ0) is 20.4. The number of aromatic nitrogens is 2. The SMILES string of the molecule is CC(=O)c1cc(Cl)ccc1-c1ccccc1NC(=O)c1nn(C)cc1C(F)F. The Hall–Kier alpha value is -3.06. The van der Waals surface area contributed by atoms with Crippen molar-refractivity contribution in [2.45, 2.75) is 13.3 Å². The summed E-state index contributed by atoms with van der Waals surface area (Å²) in [4.78, 5) is 24.6. The Morgan fingerprint density at radius 1 is 1.14 bits per heavy atom. The predicted molar refractivity (Wildman–Crippen MR) is 103 cm³/mol. The van der Waals surface area contributed by atoms with Crippen LogP contribution in [0.3, 0.4) is 0 Å². The molecule has 3 rings (SSSR count). The summed E-state index contributed by atoms with van der Waals surface area (Å²) >= 11 is 6.00. The van der Waals surface area contributed by atoms with Crippen LogP contribution in [0.1, 0.15) is 39.8 Å². The van der Waals surface area contributed by atoms with E-state index in [2.05, 4.69) is 10.4 Å². The van der Waals surface area contributed by atoms with Crippen LogP contribution in [0.25, 0.3) is 11.1 Å². The topological polar surface area (TPSA) is 64.0 Å². The first-order valence-corrected chi connectivity index (χ1v) is 8.68. The normalized spacial score (nSPS) is 10.9. The van der Waals surface area contributed by atoms with Gasteiger partial charge in [0.05, 0.1) is 5.56 Å². The van der Waals surface area contributed by atoms with Gasteiger partial charge in [0.25, 0.3) is 12.3 Å². The number of rotatable bonds is 5. The molecule has 8 heteroatoms. The largest absolute Gasteiger partial charge is 0.320 e. The van der Waals surface area contributed by atoms with Gasteiger partial charge in [-0.3, -0.25) is 14.3 Å². The molecule has 0 unspecified atom stereocenters. The molecule has 28 heavy (non-hydrogen) atoms. The summed E-state index contributed by atoms with van der Waals surface area (Å²) in [5.74, 6) is -0.954. The number of nitrogens with one attached hydrogen (secondary N) is 1. The molecule has 0 bridgehead atoms. The molecule has 0 saturated carbocycles. The lowest BCUT2D eigenvalue weighted by Crippen LogP contribution is -2.15. The average molecular weight is 404 g/mol. The number of benzene rings is 2. The highest BCUT2D eigenvalue weighted by Crippen LogP contribution is 2.33. The number of ketones is 1. The Balaban J connectivity index is 2.03. The molecule has 0 fully saturated rings. The maximum atomic E-state index is 13.2. The summed E-state index contributed by atoms with van der Waals surface area (Å²) in [5, 5.41) is 6.87. The molecule has 1 aromatic heterocycles. The quantitative estimate of drug-likeness (QED) is 0.600. The van der Waals surface area contributed by atoms with Gasteiger partial charge in [0.15, 0.2) is 11.5 Å². The second-order valence-corrected chi connectivity index (χ2v) is 6.59. The maximum absolute atomic E-state index is 13.2. The summed E-state index contributed by atoms with van der Waals surface area (Å²) in [5.41, 5.74) is 1.09. The fourth-order valence-electron chi connectivity index (χ4n) is 2.89. The third kappa shape index (κ3) is 3.94. The van der Waals surface area contributed by atoms with Crippen molar-refractivity contribution in [3.8, 4) is 11.1 Å². The van der Waals surface area contributed by atoms with Gasteiger partial charge in [-0.1, -0.05) is 35.9 Å². The molecule has 0 aliphatic carbocycles. The van der Waals surface area contributed by atoms with Crippen LogP contribution in [0.5, 0.6) is 0 Å². The minimum absolute atomic E-state index is 0.191. The number of anilines is 1. The van der Waals surface area contributed by atoms with E-state index in [0.717, 1.165) is 10.9 Å². The number of halogens is 3. The van der Waals surface area contributed by atoms with E-state index in [-0.39, 0.29) is 11.5 Å². The van der Waals surface area contributed by atoms with E-state index in [1.807, 2.05) is 0 Å². The summed E-state index contributed by atoms with van der Waals surface area (Å²) in [6, 6.07) is 11.6. The molecule has 5 nitrogen and oxygen atoms in total. The molecule has 1 N–H and O–H groups in total. The Kier molecular flexibility index (Phi) is 5.56. The molecule has 0 aliphatic rings. The van der Waals surface area contributed by atoms with Gasteiger partial charge in [-0.2, -0.15) is 5.10 Å². The van der Waals surface area contributed by atoms with Gasteiger partial charge in [-0.05, 0) is 30.7 Å². The van der Waals surface area contributed by atoms with E-state index < -0.39 is 17.9 Å². The van der Waals surface area contributed by atoms with E-state index in [0.29, 0.717) is 27.4 Å². The van der Waals surface area contributed by atoms with Crippen molar-refractivity contribution in [3.05, 3.63) is 70.5 Å². The smallest absolute Gasteiger partial charge is 0.276 e. The fraction of sp³-hybridized carbons (Fsp3) is 0.150. The van der Waals surface area contributed by atoms with Gasteiger partial charge in [-0.15, -0.1) is 0 Å². The molecule has 1 amide bonds. The number of Topliss-reactive ketones (excluding diaryl/α,β-unsaturated/α-hetero) is 1. The van der Waals surface area contributed by atoms with Crippen molar-refractivity contribution in [1.29, 1.82) is 0 Å². The number of nitrogens with zero attached hydrogens (tertiary/aromatic N) is 2. The second-order valence-electron chi connectivity index (χ2n) is 6.15. The van der Waals surface area contributed by atoms with Gasteiger partial charge in [0, 0.05) is 35.1 Å². The Bertz CT molecular complexity index is 1060. The molecule has 0 radical (unpaired) electrons. The van der Waals surface area contributed by atoms with Gasteiger partial charge < -0.3 is 5.32 Å². The minimum atomic E-state index is -2.83. The van der Waals surface area contributed by atoms with Crippen LogP contribution in [0, 0.1) is 0 Å². The van der Waals surface area contributed by atoms with Crippen molar-refractivity contribution < 1.29 is 18.4 Å². The third-order valence-electron chi connectivity index (χ3n) is 4.13. The molecular formula is C20H16ClF2N3O2. The summed E-state index contributed by atoms with van der Waals surface area (Å²) in [7, 11) is 1.46. The first kappa shape index (κ1) is 19.7. The Morgan fingerprint density at radius 3 is 2.54 bits per heavy atom. The molecule has 3 aromatic rings. The van der Waals surface area contributed by atoms with E-state index >= 15 is 0 Å². The van der Waals surface area contributed by atoms with Gasteiger partial charge >= 0.3 is 0 Å². The van der Waals surface area contributed by atoms with Crippen LogP contribution >= 0.6 is 11.6 Å². The van der Waals surface area contributed by atoms with Crippen molar-refractivity contribution in [2.24, 2.45) is 7.05 Å². The van der Waals surface area contributed by atoms with Crippen LogP contribution in [-0.4, -0.2) is 21.5 Å². The summed E-state index contributed by atoms with van der Waals surface area (Å²) in [6.45, 7) is 1.42. The lowest BCUT2D eigenvalue weighted by molar-refractivity contribution is 0.1000. The molecule has 0 saturated heterocycles. The van der Waals surface area contributed by atoms with Crippen molar-refractivity contribution >= 4 is 29.0 Å². The lowest BCUT2D eigenvalue weighted by Gasteiger charge is -2.14. The highest BCUT2D eigenvalue weighted by atomic mass is 35.5. The fourth-order valence-corrected chi connectivity index (χ4v) is 3.07. The number of hydrogen-bond acceptors (Lipinski definition) is 3. The Labute approximate surface area is 164 Å². The van der Waals surface area contributed by atoms with Crippen LogP contribution in [0.15, 0.2) is 48.7 Å². The second kappa shape index (κ2) is 7.90. The maximum Gasteiger partial charge on any atom is 0.276 e. The van der Waals surface area contributed by atoms with Crippen LogP contribution in [0.4, 0.5) is 14.5 Å². The van der Waals surface area contributed by atoms with Gasteiger partial charge in [-0.25, -0.2) is 8.78 Å². The molecule has 0 aliphatic heterocycles. The van der Waals surface area contributed by atoms with Crippen molar-refractivity contribution in [1.82, 2.24) is 9.78 Å². The van der Waals surface area contributed by atoms with Gasteiger partial charge in [0.2, 0.25) is 0 Å². The van der Waals surface area contributed by atoms with E-state index in [1.54, 1.807) is 42.5 Å². The molecule has 1 heterocycles. The highest BCUT2D eigenvalue weighted by molar-refractivity contribution is 6.31.